The van der Waals surface area contributed by atoms with Crippen LogP contribution in [0.2, 0.25) is 0 Å². The smallest absolute Gasteiger partial charge is 0.315 e. The molecule has 1 aromatic heterocycles. The second-order valence-electron chi connectivity index (χ2n) is 6.80. The molecule has 1 heterocycles. The Morgan fingerprint density at radius 2 is 1.62 bits per heavy atom. The molecule has 2 aromatic carbocycles. The Morgan fingerprint density at radius 1 is 0.966 bits per heavy atom. The summed E-state index contributed by atoms with van der Waals surface area (Å²) < 4.78 is 0. The molecular weight excluding hydrogens is 386 g/mol. The van der Waals surface area contributed by atoms with E-state index >= 15 is 0 Å². The fourth-order valence-electron chi connectivity index (χ4n) is 2.66. The summed E-state index contributed by atoms with van der Waals surface area (Å²) in [6.07, 6.45) is 0. The lowest BCUT2D eigenvalue weighted by molar-refractivity contribution is -0.118. The maximum Gasteiger partial charge on any atom is 0.315 e. The minimum absolute atomic E-state index is 0.0982. The van der Waals surface area contributed by atoms with E-state index < -0.39 is 12.1 Å². The van der Waals surface area contributed by atoms with Crippen LogP contribution in [0.5, 0.6) is 0 Å². The Bertz CT molecular complexity index is 944. The Morgan fingerprint density at radius 3 is 2.28 bits per heavy atom. The highest BCUT2D eigenvalue weighted by molar-refractivity contribution is 7.18. The fourth-order valence-corrected chi connectivity index (χ4v) is 3.41. The fraction of sp³-hybridized carbons (Fsp3) is 0.238. The van der Waals surface area contributed by atoms with Gasteiger partial charge >= 0.3 is 6.03 Å². The van der Waals surface area contributed by atoms with Crippen molar-refractivity contribution in [1.29, 1.82) is 0 Å². The zero-order valence-electron chi connectivity index (χ0n) is 16.3. The molecule has 0 aliphatic carbocycles. The number of amides is 3. The average molecular weight is 410 g/mol. The average Bonchev–Trinajstić information content (AvgIpc) is 3.20. The Kier molecular flexibility index (Phi) is 6.91. The number of anilines is 1. The van der Waals surface area contributed by atoms with E-state index in [1.54, 1.807) is 0 Å². The molecule has 3 N–H and O–H groups in total. The number of hydrogen-bond acceptors (Lipinski definition) is 5. The summed E-state index contributed by atoms with van der Waals surface area (Å²) in [7, 11) is 0. The third-order valence-electron chi connectivity index (χ3n) is 4.21. The molecular formula is C21H23N5O2S. The van der Waals surface area contributed by atoms with Gasteiger partial charge in [0, 0.05) is 12.1 Å². The molecule has 7 nitrogen and oxygen atoms in total. The van der Waals surface area contributed by atoms with Crippen LogP contribution < -0.4 is 16.0 Å². The van der Waals surface area contributed by atoms with E-state index in [1.807, 2.05) is 74.5 Å². The van der Waals surface area contributed by atoms with Crippen LogP contribution in [0.25, 0.3) is 10.6 Å². The molecule has 3 amide bonds. The summed E-state index contributed by atoms with van der Waals surface area (Å²) >= 11 is 1.29. The molecule has 0 saturated carbocycles. The van der Waals surface area contributed by atoms with Gasteiger partial charge in [-0.25, -0.2) is 4.79 Å². The van der Waals surface area contributed by atoms with Crippen LogP contribution in [-0.4, -0.2) is 28.2 Å². The van der Waals surface area contributed by atoms with Crippen molar-refractivity contribution in [3.05, 3.63) is 66.2 Å². The van der Waals surface area contributed by atoms with Gasteiger partial charge in [0.15, 0.2) is 0 Å². The maximum atomic E-state index is 12.7. The van der Waals surface area contributed by atoms with Crippen molar-refractivity contribution in [3.8, 4) is 10.6 Å². The quantitative estimate of drug-likeness (QED) is 0.555. The maximum absolute atomic E-state index is 12.7. The predicted octanol–water partition coefficient (Wildman–Crippen LogP) is 3.67. The summed E-state index contributed by atoms with van der Waals surface area (Å²) in [5.41, 5.74) is 1.92. The molecule has 0 bridgehead atoms. The van der Waals surface area contributed by atoms with Crippen LogP contribution in [0.15, 0.2) is 60.7 Å². The predicted molar refractivity (Wildman–Crippen MR) is 114 cm³/mol. The molecule has 0 fully saturated rings. The highest BCUT2D eigenvalue weighted by atomic mass is 32.1. The van der Waals surface area contributed by atoms with Gasteiger partial charge in [-0.15, -0.1) is 10.2 Å². The van der Waals surface area contributed by atoms with Crippen molar-refractivity contribution in [1.82, 2.24) is 20.8 Å². The first kappa shape index (κ1) is 20.5. The first-order valence-corrected chi connectivity index (χ1v) is 10.1. The van der Waals surface area contributed by atoms with Crippen molar-refractivity contribution in [2.45, 2.75) is 26.4 Å². The normalized spacial score (nSPS) is 11.7. The van der Waals surface area contributed by atoms with E-state index in [4.69, 9.17) is 0 Å². The molecule has 1 atom stereocenters. The number of carbonyl (C=O) groups is 2. The number of nitrogens with one attached hydrogen (secondary N) is 3. The van der Waals surface area contributed by atoms with E-state index in [0.29, 0.717) is 11.7 Å². The highest BCUT2D eigenvalue weighted by Crippen LogP contribution is 2.26. The third kappa shape index (κ3) is 5.86. The lowest BCUT2D eigenvalue weighted by atomic mass is 10.0. The van der Waals surface area contributed by atoms with E-state index in [-0.39, 0.29) is 11.8 Å². The molecule has 0 saturated heterocycles. The van der Waals surface area contributed by atoms with Gasteiger partial charge in [0.05, 0.1) is 0 Å². The van der Waals surface area contributed by atoms with E-state index in [0.717, 1.165) is 16.1 Å². The van der Waals surface area contributed by atoms with Crippen molar-refractivity contribution >= 4 is 28.4 Å². The van der Waals surface area contributed by atoms with Crippen LogP contribution in [-0.2, 0) is 11.3 Å². The molecule has 150 valence electrons. The molecule has 29 heavy (non-hydrogen) atoms. The van der Waals surface area contributed by atoms with Gasteiger partial charge in [0.25, 0.3) is 0 Å². The van der Waals surface area contributed by atoms with Crippen LogP contribution in [0.4, 0.5) is 9.93 Å². The number of hydrogen-bond donors (Lipinski definition) is 3. The SMILES string of the molecule is CC(C)[C@H](NC(=O)NCc1ccccc1)C(=O)Nc1nnc(-c2ccccc2)s1. The molecule has 0 spiro atoms. The van der Waals surface area contributed by atoms with Crippen molar-refractivity contribution in [2.75, 3.05) is 5.32 Å². The zero-order valence-corrected chi connectivity index (χ0v) is 17.1. The molecule has 0 aliphatic rings. The minimum atomic E-state index is -0.699. The second kappa shape index (κ2) is 9.79. The van der Waals surface area contributed by atoms with Crippen molar-refractivity contribution < 1.29 is 9.59 Å². The summed E-state index contributed by atoms with van der Waals surface area (Å²) in [5.74, 6) is -0.426. The third-order valence-corrected chi connectivity index (χ3v) is 5.10. The number of benzene rings is 2. The Hall–Kier alpha value is -3.26. The first-order valence-electron chi connectivity index (χ1n) is 9.31. The van der Waals surface area contributed by atoms with Crippen LogP contribution >= 0.6 is 11.3 Å². The number of urea groups is 1. The number of nitrogens with zero attached hydrogens (tertiary/aromatic N) is 2. The highest BCUT2D eigenvalue weighted by Gasteiger charge is 2.25. The molecule has 8 heteroatoms. The number of aromatic nitrogens is 2. The lowest BCUT2D eigenvalue weighted by Crippen LogP contribution is -2.50. The van der Waals surface area contributed by atoms with Gasteiger partial charge in [-0.1, -0.05) is 85.8 Å². The van der Waals surface area contributed by atoms with Crippen molar-refractivity contribution in [3.63, 3.8) is 0 Å². The second-order valence-corrected chi connectivity index (χ2v) is 7.78. The number of rotatable bonds is 7. The van der Waals surface area contributed by atoms with Gasteiger partial charge < -0.3 is 10.6 Å². The largest absolute Gasteiger partial charge is 0.334 e. The lowest BCUT2D eigenvalue weighted by Gasteiger charge is -2.21. The van der Waals surface area contributed by atoms with Gasteiger partial charge in [-0.3, -0.25) is 10.1 Å². The summed E-state index contributed by atoms with van der Waals surface area (Å²) in [5, 5.41) is 17.5. The molecule has 0 aliphatic heterocycles. The van der Waals surface area contributed by atoms with Gasteiger partial charge in [0.1, 0.15) is 11.0 Å². The Balaban J connectivity index is 1.58. The van der Waals surface area contributed by atoms with Crippen LogP contribution in [0, 0.1) is 5.92 Å². The minimum Gasteiger partial charge on any atom is -0.334 e. The van der Waals surface area contributed by atoms with Gasteiger partial charge in [-0.2, -0.15) is 0 Å². The monoisotopic (exact) mass is 409 g/mol. The molecule has 0 radical (unpaired) electrons. The summed E-state index contributed by atoms with van der Waals surface area (Å²) in [6.45, 7) is 4.13. The van der Waals surface area contributed by atoms with Crippen LogP contribution in [0.1, 0.15) is 19.4 Å². The summed E-state index contributed by atoms with van der Waals surface area (Å²) in [6, 6.07) is 18.1. The molecule has 3 rings (SSSR count). The molecule has 0 unspecified atom stereocenters. The summed E-state index contributed by atoms with van der Waals surface area (Å²) in [4.78, 5) is 24.9. The first-order chi connectivity index (χ1) is 14.0. The van der Waals surface area contributed by atoms with E-state index in [2.05, 4.69) is 26.1 Å². The van der Waals surface area contributed by atoms with E-state index in [9.17, 15) is 9.59 Å². The topological polar surface area (TPSA) is 96.0 Å². The Labute approximate surface area is 173 Å². The van der Waals surface area contributed by atoms with Gasteiger partial charge in [-0.05, 0) is 11.5 Å². The molecule has 3 aromatic rings. The van der Waals surface area contributed by atoms with E-state index in [1.165, 1.54) is 11.3 Å². The van der Waals surface area contributed by atoms with Crippen molar-refractivity contribution in [2.24, 2.45) is 5.92 Å². The standard InChI is InChI=1S/C21H23N5O2S/c1-14(2)17(23-20(28)22-13-15-9-5-3-6-10-15)18(27)24-21-26-25-19(29-21)16-11-7-4-8-12-16/h3-12,14,17H,13H2,1-2H3,(H2,22,23,28)(H,24,26,27)/t17-/m0/s1. The van der Waals surface area contributed by atoms with Gasteiger partial charge in [0.2, 0.25) is 11.0 Å². The zero-order chi connectivity index (χ0) is 20.6. The van der Waals surface area contributed by atoms with Crippen LogP contribution in [0.3, 0.4) is 0 Å². The number of carbonyl (C=O) groups excluding carboxylic acids is 2.